The van der Waals surface area contributed by atoms with Crippen LogP contribution in [0.3, 0.4) is 0 Å². The van der Waals surface area contributed by atoms with Crippen LogP contribution in [0.2, 0.25) is 0 Å². The fourth-order valence-electron chi connectivity index (χ4n) is 3.18. The number of hydrogen-bond acceptors (Lipinski definition) is 6. The van der Waals surface area contributed by atoms with Crippen LogP contribution in [0.4, 0.5) is 5.69 Å². The summed E-state index contributed by atoms with van der Waals surface area (Å²) in [6.07, 6.45) is -1.01. The highest BCUT2D eigenvalue weighted by Gasteiger charge is 2.20. The summed E-state index contributed by atoms with van der Waals surface area (Å²) in [7, 11) is 0. The van der Waals surface area contributed by atoms with Crippen molar-refractivity contribution in [3.05, 3.63) is 65.2 Å². The fraction of sp³-hybridized carbons (Fsp3) is 0.348. The van der Waals surface area contributed by atoms with Gasteiger partial charge >= 0.3 is 5.97 Å². The van der Waals surface area contributed by atoms with Gasteiger partial charge in [-0.05, 0) is 43.7 Å². The van der Waals surface area contributed by atoms with Gasteiger partial charge in [0, 0.05) is 25.2 Å². The molecule has 2 aromatic rings. The van der Waals surface area contributed by atoms with E-state index in [1.54, 1.807) is 36.4 Å². The second-order valence-corrected chi connectivity index (χ2v) is 7.22. The van der Waals surface area contributed by atoms with Crippen molar-refractivity contribution in [1.82, 2.24) is 4.90 Å². The van der Waals surface area contributed by atoms with Crippen LogP contribution < -0.4 is 5.32 Å². The maximum Gasteiger partial charge on any atom is 0.338 e. The smallest absolute Gasteiger partial charge is 0.338 e. The Morgan fingerprint density at radius 3 is 2.40 bits per heavy atom. The summed E-state index contributed by atoms with van der Waals surface area (Å²) >= 11 is 0. The number of ether oxygens (including phenoxy) is 2. The first-order valence-corrected chi connectivity index (χ1v) is 9.95. The number of nitrogens with zero attached hydrogens (tertiary/aromatic N) is 1. The maximum absolute atomic E-state index is 12.4. The van der Waals surface area contributed by atoms with E-state index in [2.05, 4.69) is 10.2 Å². The van der Waals surface area contributed by atoms with Crippen molar-refractivity contribution in [3.63, 3.8) is 0 Å². The number of hydrogen-bond donors (Lipinski definition) is 1. The van der Waals surface area contributed by atoms with Gasteiger partial charge < -0.3 is 14.8 Å². The monoisotopic (exact) mass is 410 g/mol. The van der Waals surface area contributed by atoms with Gasteiger partial charge in [-0.2, -0.15) is 0 Å². The van der Waals surface area contributed by atoms with E-state index < -0.39 is 18.0 Å². The molecule has 0 radical (unpaired) electrons. The van der Waals surface area contributed by atoms with Crippen molar-refractivity contribution >= 4 is 23.3 Å². The molecule has 0 unspecified atom stereocenters. The molecule has 7 heteroatoms. The lowest BCUT2D eigenvalue weighted by Gasteiger charge is -2.26. The molecule has 0 aliphatic carbocycles. The highest BCUT2D eigenvalue weighted by Crippen LogP contribution is 2.17. The Morgan fingerprint density at radius 1 is 1.07 bits per heavy atom. The molecular formula is C23H26N2O5. The second kappa shape index (κ2) is 10.1. The van der Waals surface area contributed by atoms with Crippen molar-refractivity contribution in [3.8, 4) is 0 Å². The summed E-state index contributed by atoms with van der Waals surface area (Å²) in [6, 6.07) is 13.9. The van der Waals surface area contributed by atoms with Crippen molar-refractivity contribution in [2.75, 3.05) is 31.6 Å². The topological polar surface area (TPSA) is 84.9 Å². The van der Waals surface area contributed by atoms with Gasteiger partial charge in [0.15, 0.2) is 11.9 Å². The average molecular weight is 410 g/mol. The van der Waals surface area contributed by atoms with Crippen molar-refractivity contribution in [2.24, 2.45) is 0 Å². The van der Waals surface area contributed by atoms with E-state index in [0.717, 1.165) is 38.4 Å². The van der Waals surface area contributed by atoms with E-state index in [0.29, 0.717) is 16.8 Å². The van der Waals surface area contributed by atoms with Crippen LogP contribution >= 0.6 is 0 Å². The summed E-state index contributed by atoms with van der Waals surface area (Å²) in [4.78, 5) is 38.8. The molecule has 1 fully saturated rings. The predicted octanol–water partition coefficient (Wildman–Crippen LogP) is 2.91. The number of Topliss-reactive ketones (excluding diaryl/α,β-unsaturated/α-hetero) is 1. The molecule has 1 amide bonds. The highest BCUT2D eigenvalue weighted by molar-refractivity contribution is 6.05. The molecule has 30 heavy (non-hydrogen) atoms. The first kappa shape index (κ1) is 21.7. The Balaban J connectivity index is 1.55. The number of amides is 1. The van der Waals surface area contributed by atoms with Crippen molar-refractivity contribution in [1.29, 1.82) is 0 Å². The van der Waals surface area contributed by atoms with Crippen molar-refractivity contribution < 1.29 is 23.9 Å². The zero-order chi connectivity index (χ0) is 21.5. The van der Waals surface area contributed by atoms with E-state index in [9.17, 15) is 14.4 Å². The van der Waals surface area contributed by atoms with E-state index in [4.69, 9.17) is 9.47 Å². The number of nitrogens with one attached hydrogen (secondary N) is 1. The van der Waals surface area contributed by atoms with Gasteiger partial charge in [-0.15, -0.1) is 0 Å². The van der Waals surface area contributed by atoms with Gasteiger partial charge in [0.25, 0.3) is 5.91 Å². The quantitative estimate of drug-likeness (QED) is 0.558. The maximum atomic E-state index is 12.4. The summed E-state index contributed by atoms with van der Waals surface area (Å²) in [5.41, 5.74) is 2.27. The third kappa shape index (κ3) is 5.75. The number of carbonyl (C=O) groups is 3. The van der Waals surface area contributed by atoms with Gasteiger partial charge in [0.1, 0.15) is 0 Å². The molecule has 0 spiro atoms. The number of morpholine rings is 1. The number of benzene rings is 2. The van der Waals surface area contributed by atoms with Crippen LogP contribution in [0, 0.1) is 0 Å². The lowest BCUT2D eigenvalue weighted by molar-refractivity contribution is -0.123. The summed E-state index contributed by atoms with van der Waals surface area (Å²) in [5, 5.41) is 2.65. The first-order valence-electron chi connectivity index (χ1n) is 9.95. The molecule has 158 valence electrons. The Morgan fingerprint density at radius 2 is 1.73 bits per heavy atom. The number of ketones is 1. The van der Waals surface area contributed by atoms with Gasteiger partial charge in [-0.3, -0.25) is 14.5 Å². The summed E-state index contributed by atoms with van der Waals surface area (Å²) in [6.45, 7) is 6.98. The second-order valence-electron chi connectivity index (χ2n) is 7.22. The van der Waals surface area contributed by atoms with Crippen LogP contribution in [-0.4, -0.2) is 55.0 Å². The molecule has 1 aliphatic heterocycles. The molecule has 1 saturated heterocycles. The van der Waals surface area contributed by atoms with E-state index in [1.807, 2.05) is 12.1 Å². The minimum Gasteiger partial charge on any atom is -0.449 e. The molecule has 0 aromatic heterocycles. The minimum absolute atomic E-state index is 0.160. The molecular weight excluding hydrogens is 384 g/mol. The van der Waals surface area contributed by atoms with Crippen LogP contribution in [0.5, 0.6) is 0 Å². The van der Waals surface area contributed by atoms with Crippen molar-refractivity contribution in [2.45, 2.75) is 26.5 Å². The average Bonchev–Trinajstić information content (AvgIpc) is 2.75. The first-order chi connectivity index (χ1) is 14.4. The Hall–Kier alpha value is -3.03. The molecule has 1 atom stereocenters. The highest BCUT2D eigenvalue weighted by atomic mass is 16.5. The van der Waals surface area contributed by atoms with Gasteiger partial charge in [0.05, 0.1) is 24.5 Å². The lowest BCUT2D eigenvalue weighted by atomic mass is 10.1. The Kier molecular flexibility index (Phi) is 7.32. The van der Waals surface area contributed by atoms with Gasteiger partial charge in [0.2, 0.25) is 0 Å². The van der Waals surface area contributed by atoms with E-state index in [1.165, 1.54) is 13.8 Å². The molecule has 1 N–H and O–H groups in total. The Bertz CT molecular complexity index is 904. The molecule has 3 rings (SSSR count). The number of para-hydroxylation sites is 1. The molecule has 1 aliphatic rings. The number of rotatable bonds is 7. The van der Waals surface area contributed by atoms with Crippen LogP contribution in [0.25, 0.3) is 0 Å². The minimum atomic E-state index is -1.01. The van der Waals surface area contributed by atoms with Gasteiger partial charge in [-0.1, -0.05) is 24.3 Å². The van der Waals surface area contributed by atoms with Crippen LogP contribution in [0.1, 0.15) is 40.1 Å². The third-order valence-electron chi connectivity index (χ3n) is 4.92. The number of anilines is 1. The molecule has 1 heterocycles. The molecule has 7 nitrogen and oxygen atoms in total. The normalized spacial score (nSPS) is 15.3. The predicted molar refractivity (Wildman–Crippen MR) is 112 cm³/mol. The molecule has 0 saturated carbocycles. The van der Waals surface area contributed by atoms with Crippen LogP contribution in [-0.2, 0) is 20.8 Å². The standard InChI is InChI=1S/C23H26N2O5/c1-16(26)20-5-3-4-6-21(20)24-22(27)17(2)30-23(28)19-9-7-18(8-10-19)15-25-11-13-29-14-12-25/h3-10,17H,11-15H2,1-2H3,(H,24,27)/t17-/m0/s1. The number of carbonyl (C=O) groups excluding carboxylic acids is 3. The number of esters is 1. The van der Waals surface area contributed by atoms with Crippen LogP contribution in [0.15, 0.2) is 48.5 Å². The third-order valence-corrected chi connectivity index (χ3v) is 4.92. The lowest BCUT2D eigenvalue weighted by Crippen LogP contribution is -2.35. The zero-order valence-corrected chi connectivity index (χ0v) is 17.2. The zero-order valence-electron chi connectivity index (χ0n) is 17.2. The van der Waals surface area contributed by atoms with E-state index >= 15 is 0 Å². The van der Waals surface area contributed by atoms with Gasteiger partial charge in [-0.25, -0.2) is 4.79 Å². The largest absolute Gasteiger partial charge is 0.449 e. The molecule has 0 bridgehead atoms. The Labute approximate surface area is 176 Å². The summed E-state index contributed by atoms with van der Waals surface area (Å²) in [5.74, 6) is -1.23. The fourth-order valence-corrected chi connectivity index (χ4v) is 3.18. The molecule has 2 aromatic carbocycles. The summed E-state index contributed by atoms with van der Waals surface area (Å²) < 4.78 is 10.6. The SMILES string of the molecule is CC(=O)c1ccccc1NC(=O)[C@H](C)OC(=O)c1ccc(CN2CCOCC2)cc1. The van der Waals surface area contributed by atoms with E-state index in [-0.39, 0.29) is 5.78 Å².